The Morgan fingerprint density at radius 1 is 0.383 bits per heavy atom. The Labute approximate surface area is 367 Å². The number of alkyl halides is 18. The molecule has 0 aliphatic carbocycles. The van der Waals surface area contributed by atoms with Crippen LogP contribution in [0, 0.1) is 0 Å². The molecule has 0 N–H and O–H groups in total. The van der Waals surface area contributed by atoms with Gasteiger partial charge >= 0.3 is 7.82 Å². The highest BCUT2D eigenvalue weighted by Gasteiger charge is 2.70. The zero-order valence-electron chi connectivity index (χ0n) is 24.9. The summed E-state index contributed by atoms with van der Waals surface area (Å²) in [5.41, 5.74) is 0. The number of unbranched alkanes of at least 4 members (excludes halogenated alkanes) is 6. The van der Waals surface area contributed by atoms with Crippen LogP contribution >= 0.6 is 217 Å². The molecule has 4 nitrogen and oxygen atoms in total. The fourth-order valence-electron chi connectivity index (χ4n) is 3.55. The molecule has 0 aromatic carbocycles. The quantitative estimate of drug-likeness (QED) is 0.0549. The predicted molar refractivity (Wildman–Crippen MR) is 213 cm³/mol. The summed E-state index contributed by atoms with van der Waals surface area (Å²) in [6.07, 6.45) is 5.20. The van der Waals surface area contributed by atoms with Crippen molar-refractivity contribution in [3.8, 4) is 0 Å². The van der Waals surface area contributed by atoms with Gasteiger partial charge in [0.2, 0.25) is 13.0 Å². The number of phosphoric acid groups is 1. The van der Waals surface area contributed by atoms with Crippen molar-refractivity contribution in [2.75, 3.05) is 0 Å². The Hall–Kier alpha value is 5.33. The smallest absolute Gasteiger partial charge is 0.246 e. The van der Waals surface area contributed by atoms with Crippen molar-refractivity contribution in [1.82, 2.24) is 0 Å². The number of rotatable bonds is 24. The van der Waals surface area contributed by atoms with Crippen LogP contribution in [0.4, 0.5) is 0 Å². The normalized spacial score (nSPS) is 15.4. The van der Waals surface area contributed by atoms with Gasteiger partial charge in [-0.3, -0.25) is 0 Å². The molecule has 0 bridgehead atoms. The minimum atomic E-state index is -5.83. The predicted octanol–water partition coefficient (Wildman–Crippen LogP) is 17.3. The summed E-state index contributed by atoms with van der Waals surface area (Å²) in [6.45, 7) is 5.74. The van der Waals surface area contributed by atoms with Crippen LogP contribution in [-0.2, 0) is 18.1 Å². The second-order valence-electron chi connectivity index (χ2n) is 10.5. The van der Waals surface area contributed by atoms with Crippen molar-refractivity contribution < 1.29 is 18.1 Å². The summed E-state index contributed by atoms with van der Waals surface area (Å²) in [4.78, 5) is 0. The summed E-state index contributed by atoms with van der Waals surface area (Å²) >= 11 is 116. The Bertz CT molecular complexity index is 898. The van der Waals surface area contributed by atoms with Crippen molar-refractivity contribution in [2.24, 2.45) is 0 Å². The summed E-state index contributed by atoms with van der Waals surface area (Å²) in [6, 6.07) is 0. The van der Waals surface area contributed by atoms with Gasteiger partial charge in [-0.25, -0.2) is 18.1 Å². The van der Waals surface area contributed by atoms with Crippen LogP contribution in [-0.4, -0.2) is 39.6 Å². The molecule has 0 aromatic heterocycles. The third kappa shape index (κ3) is 13.7. The summed E-state index contributed by atoms with van der Waals surface area (Å²) in [5, 5.41) is 0. The van der Waals surface area contributed by atoms with E-state index >= 15 is 0 Å². The van der Waals surface area contributed by atoms with Gasteiger partial charge in [-0.1, -0.05) is 287 Å². The molecule has 0 rings (SSSR count). The van der Waals surface area contributed by atoms with E-state index in [0.29, 0.717) is 38.5 Å². The van der Waals surface area contributed by atoms with Crippen LogP contribution in [0.5, 0.6) is 0 Å². The molecule has 0 unspecified atom stereocenters. The number of hydrogen-bond acceptors (Lipinski definition) is 4. The van der Waals surface area contributed by atoms with E-state index in [2.05, 4.69) is 0 Å². The second-order valence-corrected chi connectivity index (χ2v) is 24.1. The van der Waals surface area contributed by atoms with E-state index in [9.17, 15) is 4.57 Å². The Balaban J connectivity index is 7.09. The maximum atomic E-state index is 14.6. The molecular weight excluding hydrogens is 1020 g/mol. The molecule has 0 aliphatic heterocycles. The van der Waals surface area contributed by atoms with Gasteiger partial charge in [0.25, 0.3) is 13.6 Å². The van der Waals surface area contributed by atoms with Gasteiger partial charge in [0, 0.05) is 0 Å². The van der Waals surface area contributed by atoms with Crippen molar-refractivity contribution in [2.45, 2.75) is 137 Å². The molecule has 0 saturated carbocycles. The minimum absolute atomic E-state index is 0.0894. The fourth-order valence-corrected chi connectivity index (χ4v) is 10.7. The number of hydrogen-bond donors (Lipinski definition) is 0. The van der Waals surface area contributed by atoms with E-state index in [1.54, 1.807) is 0 Å². The molecule has 0 radical (unpaired) electrons. The second kappa shape index (κ2) is 20.1. The molecule has 47 heavy (non-hydrogen) atoms. The first-order valence-corrected chi connectivity index (χ1v) is 22.2. The van der Waals surface area contributed by atoms with E-state index < -0.39 is 47.4 Å². The molecule has 284 valence electrons. The standard InChI is InChI=1S/C24H33Cl18O4P/c1-4-7-10-13-16(25,26)19(31,32)22(37,38)44-47(43,45-23(39,40)20(33,34)17(27,28)14-11-8-5-2)46-24(41,42)21(35,36)18(29,30)15-12-9-6-3/h4-15H2,1-3H3. The molecule has 0 aromatic rings. The van der Waals surface area contributed by atoms with Crippen LogP contribution in [0.15, 0.2) is 0 Å². The van der Waals surface area contributed by atoms with Crippen LogP contribution in [0.1, 0.15) is 97.8 Å². The molecule has 0 saturated heterocycles. The average Bonchev–Trinajstić information content (AvgIpc) is 2.87. The van der Waals surface area contributed by atoms with Gasteiger partial charge in [-0.05, 0) is 19.3 Å². The third-order valence-electron chi connectivity index (χ3n) is 6.44. The molecule has 0 spiro atoms. The summed E-state index contributed by atoms with van der Waals surface area (Å²) in [7, 11) is -5.83. The van der Waals surface area contributed by atoms with Gasteiger partial charge in [0.1, 0.15) is 0 Å². The number of halogens is 18. The Kier molecular flexibility index (Phi) is 22.4. The van der Waals surface area contributed by atoms with Crippen LogP contribution in [0.2, 0.25) is 0 Å². The fraction of sp³-hybridized carbons (Fsp3) is 1.00. The van der Waals surface area contributed by atoms with Gasteiger partial charge < -0.3 is 0 Å². The molecule has 0 atom stereocenters. The van der Waals surface area contributed by atoms with Gasteiger partial charge in [0.05, 0.1) is 0 Å². The van der Waals surface area contributed by atoms with Crippen molar-refractivity contribution >= 4 is 217 Å². The molecule has 23 heteroatoms. The summed E-state index contributed by atoms with van der Waals surface area (Å²) in [5.74, 6) is 0. The molecule has 0 heterocycles. The molecular formula is C24H33Cl18O4P. The lowest BCUT2D eigenvalue weighted by molar-refractivity contribution is 0.0394. The molecule has 0 fully saturated rings. The largest absolute Gasteiger partial charge is 0.483 e. The van der Waals surface area contributed by atoms with E-state index in [1.807, 2.05) is 20.8 Å². The van der Waals surface area contributed by atoms with E-state index in [0.717, 1.165) is 19.3 Å². The highest BCUT2D eigenvalue weighted by atomic mass is 35.6. The first kappa shape index (κ1) is 52.3. The topological polar surface area (TPSA) is 44.8 Å². The highest BCUT2D eigenvalue weighted by Crippen LogP contribution is 2.72. The Morgan fingerprint density at radius 3 is 0.745 bits per heavy atom. The SMILES string of the molecule is CCCCCC(Cl)(Cl)C(Cl)(Cl)C(Cl)(Cl)OP(=O)(OC(Cl)(Cl)C(Cl)(Cl)C(Cl)(Cl)CCCCC)OC(Cl)(Cl)C(Cl)(Cl)C(Cl)(Cl)CCCCC. The van der Waals surface area contributed by atoms with Gasteiger partial charge in [0.15, 0.2) is 13.0 Å². The van der Waals surface area contributed by atoms with Crippen LogP contribution in [0.25, 0.3) is 0 Å². The molecule has 0 amide bonds. The van der Waals surface area contributed by atoms with Crippen molar-refractivity contribution in [1.29, 1.82) is 0 Å². The van der Waals surface area contributed by atoms with E-state index in [4.69, 9.17) is 222 Å². The Morgan fingerprint density at radius 2 is 0.574 bits per heavy atom. The maximum Gasteiger partial charge on any atom is 0.483 e. The monoisotopic (exact) mass is 1050 g/mol. The average molecular weight is 1050 g/mol. The lowest BCUT2D eigenvalue weighted by Gasteiger charge is -2.46. The van der Waals surface area contributed by atoms with Crippen LogP contribution in [0.3, 0.4) is 0 Å². The lowest BCUT2D eigenvalue weighted by atomic mass is 10.1. The maximum absolute atomic E-state index is 14.6. The summed E-state index contributed by atoms with van der Waals surface area (Å²) < 4.78 is 6.40. The van der Waals surface area contributed by atoms with E-state index in [-0.39, 0.29) is 19.3 Å². The van der Waals surface area contributed by atoms with Crippen LogP contribution < -0.4 is 0 Å². The van der Waals surface area contributed by atoms with Crippen molar-refractivity contribution in [3.63, 3.8) is 0 Å². The van der Waals surface area contributed by atoms with Gasteiger partial charge in [-0.15, -0.1) is 0 Å². The third-order valence-corrected chi connectivity index (χ3v) is 19.4. The minimum Gasteiger partial charge on any atom is -0.246 e. The van der Waals surface area contributed by atoms with Gasteiger partial charge in [-0.2, -0.15) is 0 Å². The lowest BCUT2D eigenvalue weighted by Crippen LogP contribution is -2.54. The van der Waals surface area contributed by atoms with E-state index in [1.165, 1.54) is 0 Å². The zero-order valence-corrected chi connectivity index (χ0v) is 39.4. The first-order valence-electron chi connectivity index (χ1n) is 13.9. The van der Waals surface area contributed by atoms with Crippen molar-refractivity contribution in [3.05, 3.63) is 0 Å². The zero-order chi connectivity index (χ0) is 37.6. The molecule has 0 aliphatic rings. The first-order chi connectivity index (χ1) is 20.8. The number of phosphoric ester groups is 1. The highest BCUT2D eigenvalue weighted by molar-refractivity contribution is 7.49.